The van der Waals surface area contributed by atoms with Gasteiger partial charge in [-0.2, -0.15) is 0 Å². The molecule has 3 rings (SSSR count). The summed E-state index contributed by atoms with van der Waals surface area (Å²) in [4.78, 5) is 25.5. The molecule has 1 aliphatic rings. The van der Waals surface area contributed by atoms with Crippen LogP contribution in [-0.4, -0.2) is 18.4 Å². The van der Waals surface area contributed by atoms with Crippen molar-refractivity contribution in [1.29, 1.82) is 0 Å². The Hall–Kier alpha value is -2.14. The highest BCUT2D eigenvalue weighted by atomic mass is 79.9. The smallest absolute Gasteiger partial charge is 0.255 e. The van der Waals surface area contributed by atoms with Crippen molar-refractivity contribution in [3.63, 3.8) is 0 Å². The molecule has 1 heterocycles. The van der Waals surface area contributed by atoms with Crippen LogP contribution in [-0.2, 0) is 11.2 Å². The average Bonchev–Trinajstić information content (AvgIpc) is 2.91. The Morgan fingerprint density at radius 2 is 1.86 bits per heavy atom. The molecule has 2 aromatic rings. The number of amides is 2. The van der Waals surface area contributed by atoms with Crippen LogP contribution in [0.25, 0.3) is 0 Å². The molecule has 112 valence electrons. The number of hydrogen-bond donors (Lipinski definition) is 1. The van der Waals surface area contributed by atoms with Gasteiger partial charge in [-0.3, -0.25) is 9.59 Å². The van der Waals surface area contributed by atoms with Gasteiger partial charge in [0, 0.05) is 34.9 Å². The molecule has 0 atom stereocenters. The Morgan fingerprint density at radius 3 is 2.55 bits per heavy atom. The molecule has 0 fully saturated rings. The van der Waals surface area contributed by atoms with Crippen molar-refractivity contribution in [3.8, 4) is 0 Å². The van der Waals surface area contributed by atoms with Gasteiger partial charge in [-0.15, -0.1) is 0 Å². The van der Waals surface area contributed by atoms with Crippen molar-refractivity contribution in [2.45, 2.75) is 13.3 Å². The number of rotatable bonds is 2. The lowest BCUT2D eigenvalue weighted by molar-refractivity contribution is -0.116. The predicted octanol–water partition coefficient (Wildman–Crippen LogP) is 3.61. The van der Waals surface area contributed by atoms with Gasteiger partial charge in [0.25, 0.3) is 5.91 Å². The second-order valence-corrected chi connectivity index (χ2v) is 6.14. The number of fused-ring (bicyclic) bond motifs is 1. The molecule has 1 aliphatic heterocycles. The quantitative estimate of drug-likeness (QED) is 0.891. The zero-order chi connectivity index (χ0) is 15.7. The molecule has 0 aliphatic carbocycles. The first-order valence-electron chi connectivity index (χ1n) is 7.02. The fraction of sp³-hybridized carbons (Fsp3) is 0.176. The summed E-state index contributed by atoms with van der Waals surface area (Å²) in [6.07, 6.45) is 0.816. The highest BCUT2D eigenvalue weighted by Crippen LogP contribution is 2.30. The topological polar surface area (TPSA) is 49.4 Å². The molecule has 5 heteroatoms. The van der Waals surface area contributed by atoms with E-state index in [1.165, 1.54) is 0 Å². The standard InChI is InChI=1S/C17H15BrN2O2/c1-11(21)20-9-8-13-10-15(6-7-16(13)20)19-17(22)12-2-4-14(18)5-3-12/h2-7,10H,8-9H2,1H3,(H,19,22). The van der Waals surface area contributed by atoms with E-state index in [1.807, 2.05) is 30.3 Å². The number of carbonyl (C=O) groups is 2. The van der Waals surface area contributed by atoms with Crippen LogP contribution in [0.3, 0.4) is 0 Å². The minimum Gasteiger partial charge on any atom is -0.322 e. The molecule has 0 spiro atoms. The number of nitrogens with zero attached hydrogens (tertiary/aromatic N) is 1. The maximum atomic E-state index is 12.2. The largest absolute Gasteiger partial charge is 0.322 e. The van der Waals surface area contributed by atoms with E-state index >= 15 is 0 Å². The van der Waals surface area contributed by atoms with Crippen molar-refractivity contribution in [2.24, 2.45) is 0 Å². The summed E-state index contributed by atoms with van der Waals surface area (Å²) in [7, 11) is 0. The first-order chi connectivity index (χ1) is 10.5. The van der Waals surface area contributed by atoms with E-state index in [2.05, 4.69) is 21.2 Å². The van der Waals surface area contributed by atoms with E-state index in [1.54, 1.807) is 24.0 Å². The molecule has 0 unspecified atom stereocenters. The number of nitrogens with one attached hydrogen (secondary N) is 1. The van der Waals surface area contributed by atoms with Crippen molar-refractivity contribution in [1.82, 2.24) is 0 Å². The highest BCUT2D eigenvalue weighted by Gasteiger charge is 2.22. The SMILES string of the molecule is CC(=O)N1CCc2cc(NC(=O)c3ccc(Br)cc3)ccc21. The summed E-state index contributed by atoms with van der Waals surface area (Å²) in [6.45, 7) is 2.27. The second kappa shape index (κ2) is 5.93. The first kappa shape index (κ1) is 14.8. The third-order valence-corrected chi connectivity index (χ3v) is 4.25. The van der Waals surface area contributed by atoms with Crippen LogP contribution < -0.4 is 10.2 Å². The summed E-state index contributed by atoms with van der Waals surface area (Å²) in [5.74, 6) is -0.0979. The van der Waals surface area contributed by atoms with E-state index in [-0.39, 0.29) is 11.8 Å². The molecule has 0 saturated carbocycles. The van der Waals surface area contributed by atoms with Gasteiger partial charge < -0.3 is 10.2 Å². The van der Waals surface area contributed by atoms with Crippen LogP contribution in [0.2, 0.25) is 0 Å². The summed E-state index contributed by atoms with van der Waals surface area (Å²) in [5, 5.41) is 2.89. The van der Waals surface area contributed by atoms with E-state index in [0.717, 1.165) is 27.8 Å². The van der Waals surface area contributed by atoms with Crippen LogP contribution >= 0.6 is 15.9 Å². The van der Waals surface area contributed by atoms with E-state index in [9.17, 15) is 9.59 Å². The lowest BCUT2D eigenvalue weighted by atomic mass is 10.1. The number of benzene rings is 2. The Labute approximate surface area is 137 Å². The van der Waals surface area contributed by atoms with Gasteiger partial charge in [-0.25, -0.2) is 0 Å². The second-order valence-electron chi connectivity index (χ2n) is 5.23. The number of anilines is 2. The zero-order valence-electron chi connectivity index (χ0n) is 12.1. The van der Waals surface area contributed by atoms with Crippen molar-refractivity contribution in [3.05, 3.63) is 58.1 Å². The molecule has 22 heavy (non-hydrogen) atoms. The van der Waals surface area contributed by atoms with Crippen LogP contribution in [0.15, 0.2) is 46.9 Å². The number of carbonyl (C=O) groups excluding carboxylic acids is 2. The van der Waals surface area contributed by atoms with Gasteiger partial charge in [0.2, 0.25) is 5.91 Å². The Bertz CT molecular complexity index is 741. The van der Waals surface area contributed by atoms with Gasteiger partial charge in [-0.1, -0.05) is 15.9 Å². The zero-order valence-corrected chi connectivity index (χ0v) is 13.7. The summed E-state index contributed by atoms with van der Waals surface area (Å²) < 4.78 is 0.936. The predicted molar refractivity (Wildman–Crippen MR) is 90.3 cm³/mol. The van der Waals surface area contributed by atoms with Crippen LogP contribution in [0, 0.1) is 0 Å². The normalized spacial score (nSPS) is 12.9. The molecule has 4 nitrogen and oxygen atoms in total. The molecule has 0 aromatic heterocycles. The molecule has 2 amide bonds. The minimum absolute atomic E-state index is 0.0467. The van der Waals surface area contributed by atoms with Gasteiger partial charge in [0.1, 0.15) is 0 Å². The van der Waals surface area contributed by atoms with Gasteiger partial charge in [0.15, 0.2) is 0 Å². The third-order valence-electron chi connectivity index (χ3n) is 3.72. The maximum Gasteiger partial charge on any atom is 0.255 e. The van der Waals surface area contributed by atoms with Crippen molar-refractivity contribution >= 4 is 39.1 Å². The van der Waals surface area contributed by atoms with Gasteiger partial charge in [-0.05, 0) is 54.4 Å². The first-order valence-corrected chi connectivity index (χ1v) is 7.82. The fourth-order valence-electron chi connectivity index (χ4n) is 2.61. The van der Waals surface area contributed by atoms with E-state index < -0.39 is 0 Å². The Kier molecular flexibility index (Phi) is 3.98. The molecule has 1 N–H and O–H groups in total. The Morgan fingerprint density at radius 1 is 1.14 bits per heavy atom. The molecular weight excluding hydrogens is 344 g/mol. The van der Waals surface area contributed by atoms with Crippen LogP contribution in [0.5, 0.6) is 0 Å². The summed E-state index contributed by atoms with van der Waals surface area (Å²) in [5.41, 5.74) is 3.38. The lowest BCUT2D eigenvalue weighted by Gasteiger charge is -2.15. The molecule has 0 bridgehead atoms. The fourth-order valence-corrected chi connectivity index (χ4v) is 2.88. The van der Waals surface area contributed by atoms with E-state index in [0.29, 0.717) is 12.1 Å². The molecule has 2 aromatic carbocycles. The van der Waals surface area contributed by atoms with Crippen molar-refractivity contribution in [2.75, 3.05) is 16.8 Å². The molecule has 0 radical (unpaired) electrons. The average molecular weight is 359 g/mol. The molecular formula is C17H15BrN2O2. The number of halogens is 1. The molecule has 0 saturated heterocycles. The van der Waals surface area contributed by atoms with Crippen LogP contribution in [0.1, 0.15) is 22.8 Å². The highest BCUT2D eigenvalue weighted by molar-refractivity contribution is 9.10. The lowest BCUT2D eigenvalue weighted by Crippen LogP contribution is -2.25. The third kappa shape index (κ3) is 2.90. The maximum absolute atomic E-state index is 12.2. The Balaban J connectivity index is 1.78. The van der Waals surface area contributed by atoms with E-state index in [4.69, 9.17) is 0 Å². The minimum atomic E-state index is -0.145. The monoisotopic (exact) mass is 358 g/mol. The summed E-state index contributed by atoms with van der Waals surface area (Å²) >= 11 is 3.35. The van der Waals surface area contributed by atoms with Crippen molar-refractivity contribution < 1.29 is 9.59 Å². The van der Waals surface area contributed by atoms with Gasteiger partial charge >= 0.3 is 0 Å². The number of hydrogen-bond acceptors (Lipinski definition) is 2. The summed E-state index contributed by atoms with van der Waals surface area (Å²) in [6, 6.07) is 12.9. The van der Waals surface area contributed by atoms with Gasteiger partial charge in [0.05, 0.1) is 0 Å². The van der Waals surface area contributed by atoms with Crippen LogP contribution in [0.4, 0.5) is 11.4 Å².